The molecule has 0 aliphatic carbocycles. The van der Waals surface area contributed by atoms with Gasteiger partial charge in [-0.2, -0.15) is 0 Å². The molecule has 0 bridgehead atoms. The first-order valence-electron chi connectivity index (χ1n) is 10.0. The summed E-state index contributed by atoms with van der Waals surface area (Å²) < 4.78 is 0. The molecular formula is C22H30N6O2. The van der Waals surface area contributed by atoms with Gasteiger partial charge < -0.3 is 26.1 Å². The molecule has 0 fully saturated rings. The number of hydrogen-bond acceptors (Lipinski definition) is 7. The Labute approximate surface area is 177 Å². The molecular weight excluding hydrogens is 380 g/mol. The summed E-state index contributed by atoms with van der Waals surface area (Å²) in [6.45, 7) is 5.85. The largest absolute Gasteiger partial charge is 0.397 e. The molecule has 2 aromatic rings. The molecule has 8 nitrogen and oxygen atoms in total. The van der Waals surface area contributed by atoms with Crippen molar-refractivity contribution in [2.75, 3.05) is 23.4 Å². The number of aliphatic hydroxyl groups is 1. The second-order valence-electron chi connectivity index (χ2n) is 7.71. The standard InChI is InChI=1S/C22H30N6O2/c1-14-4-7-22(25-12-14)26-20-10-15(2)28(16(3)30)21-6-5-17(11-18(20)21)19(23)13-27(24)8-9-29/h4-7,11-13,15,20,29H,8-10,23-24H2,1-3H3,(H,25,26)/b19-13-/t15-,20+/m0/s1. The normalized spacial score (nSPS) is 18.7. The van der Waals surface area contributed by atoms with Crippen molar-refractivity contribution in [3.63, 3.8) is 0 Å². The molecule has 2 heterocycles. The van der Waals surface area contributed by atoms with E-state index in [0.717, 1.165) is 34.6 Å². The number of anilines is 2. The molecule has 1 aliphatic heterocycles. The van der Waals surface area contributed by atoms with Crippen molar-refractivity contribution >= 4 is 23.1 Å². The summed E-state index contributed by atoms with van der Waals surface area (Å²) in [6, 6.07) is 9.77. The van der Waals surface area contributed by atoms with Crippen LogP contribution in [0, 0.1) is 6.92 Å². The molecule has 1 aromatic heterocycles. The molecule has 160 valence electrons. The van der Waals surface area contributed by atoms with E-state index >= 15 is 0 Å². The molecule has 30 heavy (non-hydrogen) atoms. The maximum atomic E-state index is 12.3. The Morgan fingerprint density at radius 2 is 2.17 bits per heavy atom. The van der Waals surface area contributed by atoms with Gasteiger partial charge in [0.25, 0.3) is 0 Å². The van der Waals surface area contributed by atoms with Crippen LogP contribution in [0.3, 0.4) is 0 Å². The fraction of sp³-hybridized carbons (Fsp3) is 0.364. The number of benzene rings is 1. The smallest absolute Gasteiger partial charge is 0.224 e. The van der Waals surface area contributed by atoms with Crippen molar-refractivity contribution in [3.05, 3.63) is 59.4 Å². The average Bonchev–Trinajstić information content (AvgIpc) is 2.69. The van der Waals surface area contributed by atoms with Crippen LogP contribution in [0.25, 0.3) is 5.70 Å². The summed E-state index contributed by atoms with van der Waals surface area (Å²) >= 11 is 0. The number of nitrogens with one attached hydrogen (secondary N) is 1. The highest BCUT2D eigenvalue weighted by Gasteiger charge is 2.32. The van der Waals surface area contributed by atoms with E-state index in [9.17, 15) is 4.79 Å². The maximum absolute atomic E-state index is 12.3. The van der Waals surface area contributed by atoms with Crippen LogP contribution in [0.4, 0.5) is 11.5 Å². The van der Waals surface area contributed by atoms with Crippen LogP contribution in [-0.4, -0.2) is 40.2 Å². The van der Waals surface area contributed by atoms with E-state index < -0.39 is 0 Å². The molecule has 8 heteroatoms. The van der Waals surface area contributed by atoms with Crippen molar-refractivity contribution in [2.24, 2.45) is 11.6 Å². The van der Waals surface area contributed by atoms with Crippen LogP contribution in [0.15, 0.2) is 42.7 Å². The van der Waals surface area contributed by atoms with Gasteiger partial charge in [-0.25, -0.2) is 10.8 Å². The van der Waals surface area contributed by atoms with Gasteiger partial charge in [-0.1, -0.05) is 12.1 Å². The fourth-order valence-corrected chi connectivity index (χ4v) is 3.83. The highest BCUT2D eigenvalue weighted by Crippen LogP contribution is 2.40. The summed E-state index contributed by atoms with van der Waals surface area (Å²) in [4.78, 5) is 18.6. The molecule has 0 saturated heterocycles. The maximum Gasteiger partial charge on any atom is 0.224 e. The highest BCUT2D eigenvalue weighted by atomic mass is 16.3. The topological polar surface area (TPSA) is 121 Å². The first kappa shape index (κ1) is 21.6. The second-order valence-corrected chi connectivity index (χ2v) is 7.71. The summed E-state index contributed by atoms with van der Waals surface area (Å²) in [5.41, 5.74) is 10.4. The molecule has 1 aliphatic rings. The van der Waals surface area contributed by atoms with Gasteiger partial charge in [0, 0.05) is 31.0 Å². The lowest BCUT2D eigenvalue weighted by molar-refractivity contribution is -0.117. The number of aryl methyl sites for hydroxylation is 1. The van der Waals surface area contributed by atoms with Gasteiger partial charge in [0.05, 0.1) is 24.9 Å². The van der Waals surface area contributed by atoms with E-state index in [2.05, 4.69) is 10.3 Å². The molecule has 1 aromatic carbocycles. The summed E-state index contributed by atoms with van der Waals surface area (Å²) in [6.07, 6.45) is 4.16. The van der Waals surface area contributed by atoms with E-state index in [1.54, 1.807) is 13.1 Å². The Morgan fingerprint density at radius 1 is 1.40 bits per heavy atom. The molecule has 1 amide bonds. The third kappa shape index (κ3) is 4.72. The number of hydrogen-bond donors (Lipinski definition) is 4. The van der Waals surface area contributed by atoms with Crippen molar-refractivity contribution in [2.45, 2.75) is 39.3 Å². The zero-order valence-corrected chi connectivity index (χ0v) is 17.7. The number of hydrazine groups is 1. The third-order valence-corrected chi connectivity index (χ3v) is 5.25. The first-order valence-corrected chi connectivity index (χ1v) is 10.0. The van der Waals surface area contributed by atoms with E-state index in [0.29, 0.717) is 5.70 Å². The molecule has 0 spiro atoms. The Kier molecular flexibility index (Phi) is 6.59. The molecule has 6 N–H and O–H groups in total. The molecule has 2 atom stereocenters. The van der Waals surface area contributed by atoms with Gasteiger partial charge >= 0.3 is 0 Å². The van der Waals surface area contributed by atoms with Crippen LogP contribution in [0.5, 0.6) is 0 Å². The second kappa shape index (κ2) is 9.15. The number of fused-ring (bicyclic) bond motifs is 1. The number of rotatable bonds is 6. The summed E-state index contributed by atoms with van der Waals surface area (Å²) in [5, 5.41) is 13.9. The number of nitrogens with zero attached hydrogens (tertiary/aromatic N) is 3. The lowest BCUT2D eigenvalue weighted by Gasteiger charge is -2.39. The van der Waals surface area contributed by atoms with E-state index in [1.165, 1.54) is 5.01 Å². The van der Waals surface area contributed by atoms with E-state index in [4.69, 9.17) is 16.7 Å². The van der Waals surface area contributed by atoms with Gasteiger partial charge in [-0.3, -0.25) is 4.79 Å². The molecule has 0 unspecified atom stereocenters. The number of nitrogens with two attached hydrogens (primary N) is 2. The number of carbonyl (C=O) groups excluding carboxylic acids is 1. The zero-order valence-electron chi connectivity index (χ0n) is 17.7. The third-order valence-electron chi connectivity index (χ3n) is 5.25. The first-order chi connectivity index (χ1) is 14.3. The van der Waals surface area contributed by atoms with Crippen LogP contribution in [0.2, 0.25) is 0 Å². The number of aromatic nitrogens is 1. The number of pyridine rings is 1. The van der Waals surface area contributed by atoms with Crippen molar-refractivity contribution in [1.29, 1.82) is 0 Å². The minimum absolute atomic E-state index is 0.00278. The quantitative estimate of drug-likeness (QED) is 0.425. The van der Waals surface area contributed by atoms with Crippen molar-refractivity contribution in [3.8, 4) is 0 Å². The number of aliphatic hydroxyl groups excluding tert-OH is 1. The van der Waals surface area contributed by atoms with Crippen LogP contribution in [0.1, 0.15) is 43.0 Å². The van der Waals surface area contributed by atoms with Crippen LogP contribution >= 0.6 is 0 Å². The minimum atomic E-state index is -0.0640. The van der Waals surface area contributed by atoms with Crippen molar-refractivity contribution < 1.29 is 9.90 Å². The predicted octanol–water partition coefficient (Wildman–Crippen LogP) is 2.11. The number of carbonyl (C=O) groups is 1. The Bertz CT molecular complexity index is 928. The average molecular weight is 411 g/mol. The van der Waals surface area contributed by atoms with Gasteiger partial charge in [0.2, 0.25) is 5.91 Å². The Hall–Kier alpha value is -3.10. The zero-order chi connectivity index (χ0) is 21.8. The highest BCUT2D eigenvalue weighted by molar-refractivity contribution is 5.94. The van der Waals surface area contributed by atoms with Crippen LogP contribution in [-0.2, 0) is 4.79 Å². The minimum Gasteiger partial charge on any atom is -0.397 e. The predicted molar refractivity (Wildman–Crippen MR) is 119 cm³/mol. The lowest BCUT2D eigenvalue weighted by Crippen LogP contribution is -2.43. The van der Waals surface area contributed by atoms with E-state index in [1.807, 2.05) is 55.3 Å². The monoisotopic (exact) mass is 410 g/mol. The fourth-order valence-electron chi connectivity index (χ4n) is 3.83. The molecule has 0 radical (unpaired) electrons. The van der Waals surface area contributed by atoms with E-state index in [-0.39, 0.29) is 31.1 Å². The Morgan fingerprint density at radius 3 is 2.80 bits per heavy atom. The molecule has 0 saturated carbocycles. The van der Waals surface area contributed by atoms with Gasteiger partial charge in [-0.15, -0.1) is 0 Å². The van der Waals surface area contributed by atoms with Gasteiger partial charge in [0.15, 0.2) is 0 Å². The van der Waals surface area contributed by atoms with Crippen molar-refractivity contribution in [1.82, 2.24) is 9.99 Å². The summed E-state index contributed by atoms with van der Waals surface area (Å²) in [7, 11) is 0. The number of amides is 1. The van der Waals surface area contributed by atoms with Crippen LogP contribution < -0.4 is 21.8 Å². The lowest BCUT2D eigenvalue weighted by atomic mass is 9.89. The Balaban J connectivity index is 2.00. The van der Waals surface area contributed by atoms with Gasteiger partial charge in [-0.05, 0) is 55.2 Å². The van der Waals surface area contributed by atoms with Gasteiger partial charge in [0.1, 0.15) is 5.82 Å². The SMILES string of the molecule is CC(=O)N1c2ccc(/C(N)=C/N(N)CCO)cc2[C@H](Nc2ccc(C)cn2)C[C@@H]1C. The summed E-state index contributed by atoms with van der Waals surface area (Å²) in [5.74, 6) is 6.61. The molecule has 3 rings (SSSR count).